The van der Waals surface area contributed by atoms with Crippen LogP contribution in [0, 0.1) is 0 Å². The Labute approximate surface area is 64.8 Å². The Hall–Kier alpha value is -1.16. The fourth-order valence-electron chi connectivity index (χ4n) is 0.606. The maximum atomic E-state index is 8.43. The average molecular weight is 154 g/mol. The van der Waals surface area contributed by atoms with Gasteiger partial charge in [0.1, 0.15) is 0 Å². The summed E-state index contributed by atoms with van der Waals surface area (Å²) in [6, 6.07) is 3.48. The highest BCUT2D eigenvalue weighted by atomic mass is 16.5. The summed E-state index contributed by atoms with van der Waals surface area (Å²) in [5.74, 6) is 0.501. The lowest BCUT2D eigenvalue weighted by Gasteiger charge is -2.00. The third kappa shape index (κ3) is 2.95. The fraction of sp³-hybridized carbons (Fsp3) is 0.429. The van der Waals surface area contributed by atoms with E-state index in [1.807, 2.05) is 0 Å². The summed E-state index contributed by atoms with van der Waals surface area (Å²) < 4.78 is 5.11. The van der Waals surface area contributed by atoms with Crippen molar-refractivity contribution in [3.05, 3.63) is 18.3 Å². The van der Waals surface area contributed by atoms with Crippen LogP contribution >= 0.6 is 0 Å². The first kappa shape index (κ1) is 7.94. The molecule has 0 aliphatic heterocycles. The Morgan fingerprint density at radius 2 is 2.45 bits per heavy atom. The first-order valence-electron chi connectivity index (χ1n) is 3.45. The Kier molecular flexibility index (Phi) is 3.34. The molecule has 1 aromatic heterocycles. The molecule has 1 N–H and O–H groups in total. The van der Waals surface area contributed by atoms with Crippen LogP contribution < -0.4 is 4.74 Å². The normalized spacial score (nSPS) is 9.55. The molecule has 0 aromatic carbocycles. The summed E-state index contributed by atoms with van der Waals surface area (Å²) in [4.78, 5) is 0. The molecule has 4 heteroatoms. The number of ether oxygens (including phenoxy) is 1. The minimum Gasteiger partial charge on any atom is -0.477 e. The SMILES string of the molecule is OCCCOc1cccnn1. The van der Waals surface area contributed by atoms with E-state index >= 15 is 0 Å². The fourth-order valence-corrected chi connectivity index (χ4v) is 0.606. The second-order valence-corrected chi connectivity index (χ2v) is 1.99. The van der Waals surface area contributed by atoms with Crippen molar-refractivity contribution in [1.82, 2.24) is 10.2 Å². The van der Waals surface area contributed by atoms with Crippen LogP contribution in [0.2, 0.25) is 0 Å². The summed E-state index contributed by atoms with van der Waals surface area (Å²) in [5.41, 5.74) is 0. The predicted octanol–water partition coefficient (Wildman–Crippen LogP) is 0.238. The number of aromatic nitrogens is 2. The summed E-state index contributed by atoms with van der Waals surface area (Å²) in [5, 5.41) is 15.8. The van der Waals surface area contributed by atoms with Crippen molar-refractivity contribution >= 4 is 0 Å². The van der Waals surface area contributed by atoms with Crippen LogP contribution in [0.15, 0.2) is 18.3 Å². The van der Waals surface area contributed by atoms with E-state index in [1.165, 1.54) is 0 Å². The number of aliphatic hydroxyl groups is 1. The molecular weight excluding hydrogens is 144 g/mol. The number of hydrogen-bond acceptors (Lipinski definition) is 4. The maximum Gasteiger partial charge on any atom is 0.233 e. The number of nitrogens with zero attached hydrogens (tertiary/aromatic N) is 2. The lowest BCUT2D eigenvalue weighted by molar-refractivity contribution is 0.228. The van der Waals surface area contributed by atoms with Crippen molar-refractivity contribution in [2.45, 2.75) is 6.42 Å². The van der Waals surface area contributed by atoms with Gasteiger partial charge in [0.15, 0.2) is 0 Å². The first-order valence-corrected chi connectivity index (χ1v) is 3.45. The Bertz CT molecular complexity index is 191. The third-order valence-electron chi connectivity index (χ3n) is 1.10. The van der Waals surface area contributed by atoms with Crippen LogP contribution in [0.5, 0.6) is 5.88 Å². The zero-order chi connectivity index (χ0) is 7.94. The number of aliphatic hydroxyl groups excluding tert-OH is 1. The van der Waals surface area contributed by atoms with Gasteiger partial charge in [-0.2, -0.15) is 5.10 Å². The monoisotopic (exact) mass is 154 g/mol. The van der Waals surface area contributed by atoms with Crippen LogP contribution in [0.3, 0.4) is 0 Å². The molecule has 0 amide bonds. The van der Waals surface area contributed by atoms with Gasteiger partial charge in [-0.25, -0.2) is 0 Å². The molecule has 1 heterocycles. The van der Waals surface area contributed by atoms with E-state index in [-0.39, 0.29) is 6.61 Å². The lowest BCUT2D eigenvalue weighted by Crippen LogP contribution is -2.01. The predicted molar refractivity (Wildman–Crippen MR) is 39.2 cm³/mol. The van der Waals surface area contributed by atoms with Gasteiger partial charge in [-0.15, -0.1) is 5.10 Å². The highest BCUT2D eigenvalue weighted by Crippen LogP contribution is 2.00. The van der Waals surface area contributed by atoms with Gasteiger partial charge < -0.3 is 9.84 Å². The molecule has 0 saturated heterocycles. The van der Waals surface area contributed by atoms with E-state index in [2.05, 4.69) is 10.2 Å². The van der Waals surface area contributed by atoms with E-state index in [0.717, 1.165) is 0 Å². The maximum absolute atomic E-state index is 8.43. The van der Waals surface area contributed by atoms with Crippen LogP contribution in [0.25, 0.3) is 0 Å². The molecule has 0 saturated carbocycles. The van der Waals surface area contributed by atoms with Crippen LogP contribution in [0.4, 0.5) is 0 Å². The van der Waals surface area contributed by atoms with Crippen molar-refractivity contribution in [1.29, 1.82) is 0 Å². The van der Waals surface area contributed by atoms with Crippen LogP contribution in [-0.2, 0) is 0 Å². The van der Waals surface area contributed by atoms with E-state index in [4.69, 9.17) is 9.84 Å². The van der Waals surface area contributed by atoms with Gasteiger partial charge in [-0.1, -0.05) is 0 Å². The Morgan fingerprint density at radius 1 is 1.55 bits per heavy atom. The van der Waals surface area contributed by atoms with Crippen molar-refractivity contribution in [3.8, 4) is 5.88 Å². The third-order valence-corrected chi connectivity index (χ3v) is 1.10. The molecule has 0 atom stereocenters. The smallest absolute Gasteiger partial charge is 0.233 e. The van der Waals surface area contributed by atoms with E-state index in [0.29, 0.717) is 18.9 Å². The van der Waals surface area contributed by atoms with E-state index in [9.17, 15) is 0 Å². The molecule has 0 radical (unpaired) electrons. The highest BCUT2D eigenvalue weighted by Gasteiger charge is 1.91. The summed E-state index contributed by atoms with van der Waals surface area (Å²) in [6.45, 7) is 0.620. The second-order valence-electron chi connectivity index (χ2n) is 1.99. The molecular formula is C7H10N2O2. The van der Waals surface area contributed by atoms with Crippen LogP contribution in [-0.4, -0.2) is 28.5 Å². The second kappa shape index (κ2) is 4.62. The van der Waals surface area contributed by atoms with Gasteiger partial charge in [0.05, 0.1) is 6.61 Å². The largest absolute Gasteiger partial charge is 0.477 e. The van der Waals surface area contributed by atoms with Crippen molar-refractivity contribution in [3.63, 3.8) is 0 Å². The van der Waals surface area contributed by atoms with E-state index < -0.39 is 0 Å². The summed E-state index contributed by atoms with van der Waals surface area (Å²) >= 11 is 0. The molecule has 0 aliphatic rings. The number of hydrogen-bond donors (Lipinski definition) is 1. The summed E-state index contributed by atoms with van der Waals surface area (Å²) in [7, 11) is 0. The van der Waals surface area contributed by atoms with Crippen LogP contribution in [0.1, 0.15) is 6.42 Å². The average Bonchev–Trinajstić information content (AvgIpc) is 2.07. The first-order chi connectivity index (χ1) is 5.43. The van der Waals surface area contributed by atoms with Gasteiger partial charge >= 0.3 is 0 Å². The number of rotatable bonds is 4. The standard InChI is InChI=1S/C7H10N2O2/c10-5-2-6-11-7-3-1-4-8-9-7/h1,3-4,10H,2,5-6H2. The molecule has 0 fully saturated rings. The molecule has 1 aromatic rings. The minimum absolute atomic E-state index is 0.139. The molecule has 0 spiro atoms. The van der Waals surface area contributed by atoms with Crippen molar-refractivity contribution in [2.75, 3.05) is 13.2 Å². The van der Waals surface area contributed by atoms with Gasteiger partial charge in [-0.3, -0.25) is 0 Å². The Balaban J connectivity index is 2.28. The Morgan fingerprint density at radius 3 is 3.09 bits per heavy atom. The molecule has 60 valence electrons. The van der Waals surface area contributed by atoms with Gasteiger partial charge in [-0.05, 0) is 6.07 Å². The van der Waals surface area contributed by atoms with Crippen molar-refractivity contribution in [2.24, 2.45) is 0 Å². The molecule has 0 bridgehead atoms. The van der Waals surface area contributed by atoms with Gasteiger partial charge in [0, 0.05) is 25.3 Å². The summed E-state index contributed by atoms with van der Waals surface area (Å²) in [6.07, 6.45) is 2.20. The van der Waals surface area contributed by atoms with Crippen molar-refractivity contribution < 1.29 is 9.84 Å². The highest BCUT2D eigenvalue weighted by molar-refractivity contribution is 5.04. The molecule has 4 nitrogen and oxygen atoms in total. The zero-order valence-corrected chi connectivity index (χ0v) is 6.10. The molecule has 11 heavy (non-hydrogen) atoms. The van der Waals surface area contributed by atoms with Gasteiger partial charge in [0.2, 0.25) is 5.88 Å². The van der Waals surface area contributed by atoms with Gasteiger partial charge in [0.25, 0.3) is 0 Å². The molecule has 0 unspecified atom stereocenters. The molecule has 0 aliphatic carbocycles. The minimum atomic E-state index is 0.139. The van der Waals surface area contributed by atoms with E-state index in [1.54, 1.807) is 18.3 Å². The quantitative estimate of drug-likeness (QED) is 0.631. The zero-order valence-electron chi connectivity index (χ0n) is 6.10. The molecule has 1 rings (SSSR count). The lowest BCUT2D eigenvalue weighted by atomic mass is 10.5. The topological polar surface area (TPSA) is 55.2 Å².